The van der Waals surface area contributed by atoms with E-state index in [0.717, 1.165) is 19.3 Å². The number of amides is 4. The van der Waals surface area contributed by atoms with Gasteiger partial charge in [-0.1, -0.05) is 36.4 Å². The first kappa shape index (κ1) is 17.2. The van der Waals surface area contributed by atoms with Crippen LogP contribution in [-0.2, 0) is 0 Å². The molecule has 0 saturated heterocycles. The number of carbonyl (C=O) groups is 2. The van der Waals surface area contributed by atoms with Gasteiger partial charge < -0.3 is 10.6 Å². The summed E-state index contributed by atoms with van der Waals surface area (Å²) in [6, 6.07) is -0.783. The Kier molecular flexibility index (Phi) is 5.83. The van der Waals surface area contributed by atoms with Gasteiger partial charge in [0.1, 0.15) is 0 Å². The molecule has 0 aromatic rings. The zero-order valence-electron chi connectivity index (χ0n) is 11.8. The van der Waals surface area contributed by atoms with E-state index >= 15 is 0 Å². The monoisotopic (exact) mass is 398 g/mol. The van der Waals surface area contributed by atoms with Gasteiger partial charge in [-0.05, 0) is 24.7 Å². The summed E-state index contributed by atoms with van der Waals surface area (Å²) in [7, 11) is 0. The molecule has 0 heterocycles. The zero-order chi connectivity index (χ0) is 15.4. The molecular weight excluding hydrogens is 375 g/mol. The average molecular weight is 398 g/mol. The summed E-state index contributed by atoms with van der Waals surface area (Å²) in [6.45, 7) is 4.79. The molecule has 9 heteroatoms. The van der Waals surface area contributed by atoms with E-state index in [-0.39, 0.29) is 20.9 Å². The third-order valence-electron chi connectivity index (χ3n) is 3.37. The summed E-state index contributed by atoms with van der Waals surface area (Å²) < 4.78 is -0.140. The minimum Gasteiger partial charge on any atom is -0.336 e. The Hall–Kier alpha value is -0.810. The van der Waals surface area contributed by atoms with Crippen LogP contribution >= 0.6 is 22.6 Å². The maximum Gasteiger partial charge on any atom is 0.329 e. The van der Waals surface area contributed by atoms with E-state index in [9.17, 15) is 9.59 Å². The number of hydrazine groups is 2. The molecule has 0 spiro atoms. The minimum atomic E-state index is -0.409. The third-order valence-corrected chi connectivity index (χ3v) is 4.57. The highest BCUT2D eigenvalue weighted by Crippen LogP contribution is 2.45. The Morgan fingerprint density at radius 2 is 1.80 bits per heavy atom. The molecule has 8 N–H and O–H groups in total. The molecule has 1 fully saturated rings. The van der Waals surface area contributed by atoms with Gasteiger partial charge in [0, 0.05) is 16.0 Å². The molecule has 116 valence electrons. The molecule has 8 nitrogen and oxygen atoms in total. The quantitative estimate of drug-likeness (QED) is 0.132. The topological polar surface area (TPSA) is 134 Å². The Morgan fingerprint density at radius 3 is 2.35 bits per heavy atom. The van der Waals surface area contributed by atoms with Crippen LogP contribution in [0.25, 0.3) is 0 Å². The molecule has 20 heavy (non-hydrogen) atoms. The fraction of sp³-hybridized carbons (Fsp3) is 0.818. The van der Waals surface area contributed by atoms with E-state index < -0.39 is 6.03 Å². The van der Waals surface area contributed by atoms with Crippen LogP contribution in [-0.4, -0.2) is 28.1 Å². The molecule has 0 radical (unpaired) electrons. The number of halogens is 1. The van der Waals surface area contributed by atoms with Crippen molar-refractivity contribution in [1.29, 1.82) is 0 Å². The van der Waals surface area contributed by atoms with Crippen LogP contribution in [0.4, 0.5) is 9.59 Å². The minimum absolute atomic E-state index is 0.0157. The van der Waals surface area contributed by atoms with Crippen LogP contribution in [0.15, 0.2) is 0 Å². The van der Waals surface area contributed by atoms with E-state index in [0.29, 0.717) is 6.54 Å². The Bertz CT molecular complexity index is 378. The van der Waals surface area contributed by atoms with Gasteiger partial charge in [-0.3, -0.25) is 10.9 Å². The lowest BCUT2D eigenvalue weighted by molar-refractivity contribution is 0.166. The normalized spacial score (nSPS) is 28.4. The maximum absolute atomic E-state index is 11.4. The predicted octanol–water partition coefficient (Wildman–Crippen LogP) is 0.0847. The lowest BCUT2D eigenvalue weighted by atomic mass is 9.70. The van der Waals surface area contributed by atoms with Crippen molar-refractivity contribution in [2.45, 2.75) is 42.6 Å². The number of rotatable bonds is 3. The summed E-state index contributed by atoms with van der Waals surface area (Å²) in [5.41, 5.74) is 4.19. The molecule has 4 amide bonds. The first-order chi connectivity index (χ1) is 9.19. The van der Waals surface area contributed by atoms with Crippen molar-refractivity contribution < 1.29 is 9.59 Å². The highest BCUT2D eigenvalue weighted by atomic mass is 127. The number of carbonyl (C=O) groups excluding carboxylic acids is 2. The van der Waals surface area contributed by atoms with E-state index in [1.165, 1.54) is 0 Å². The van der Waals surface area contributed by atoms with Crippen LogP contribution in [0.3, 0.4) is 0 Å². The molecule has 1 rings (SSSR count). The van der Waals surface area contributed by atoms with Crippen molar-refractivity contribution in [3.63, 3.8) is 0 Å². The lowest BCUT2D eigenvalue weighted by Gasteiger charge is -2.45. The number of alkyl halides is 1. The maximum atomic E-state index is 11.4. The number of nitrogens with one attached hydrogen (secondary N) is 4. The van der Waals surface area contributed by atoms with Crippen LogP contribution in [0, 0.1) is 5.41 Å². The van der Waals surface area contributed by atoms with E-state index in [4.69, 9.17) is 11.7 Å². The van der Waals surface area contributed by atoms with Gasteiger partial charge in [0.2, 0.25) is 0 Å². The molecule has 1 aliphatic rings. The highest BCUT2D eigenvalue weighted by Gasteiger charge is 2.43. The van der Waals surface area contributed by atoms with Crippen molar-refractivity contribution in [3.8, 4) is 0 Å². The van der Waals surface area contributed by atoms with Crippen LogP contribution in [0.1, 0.15) is 33.1 Å². The number of hydrogen-bond donors (Lipinski definition) is 6. The van der Waals surface area contributed by atoms with Crippen molar-refractivity contribution >= 4 is 34.7 Å². The lowest BCUT2D eigenvalue weighted by Crippen LogP contribution is -2.55. The molecule has 0 aromatic carbocycles. The second kappa shape index (κ2) is 6.76. The van der Waals surface area contributed by atoms with Gasteiger partial charge in [0.25, 0.3) is 0 Å². The molecule has 1 saturated carbocycles. The van der Waals surface area contributed by atoms with Gasteiger partial charge >= 0.3 is 12.1 Å². The fourth-order valence-corrected chi connectivity index (χ4v) is 4.69. The Balaban J connectivity index is 2.70. The first-order valence-corrected chi connectivity index (χ1v) is 7.48. The molecule has 0 bridgehead atoms. The summed E-state index contributed by atoms with van der Waals surface area (Å²) in [5, 5.41) is 5.58. The van der Waals surface area contributed by atoms with Crippen molar-refractivity contribution in [2.75, 3.05) is 6.54 Å². The second-order valence-corrected chi connectivity index (χ2v) is 8.33. The molecule has 2 atom stereocenters. The number of nitrogens with two attached hydrogens (primary N) is 2. The molecule has 0 aromatic heterocycles. The first-order valence-electron chi connectivity index (χ1n) is 6.40. The highest BCUT2D eigenvalue weighted by molar-refractivity contribution is 14.1. The molecule has 1 aliphatic carbocycles. The second-order valence-electron chi connectivity index (χ2n) is 6.04. The number of hydrogen-bond acceptors (Lipinski definition) is 4. The summed E-state index contributed by atoms with van der Waals surface area (Å²) in [4.78, 5) is 22.6. The third kappa shape index (κ3) is 5.29. The summed E-state index contributed by atoms with van der Waals surface area (Å²) in [5.74, 6) is 10.1. The van der Waals surface area contributed by atoms with Crippen molar-refractivity contribution in [1.82, 2.24) is 21.5 Å². The average Bonchev–Trinajstić information content (AvgIpc) is 2.33. The van der Waals surface area contributed by atoms with E-state index in [1.807, 2.05) is 5.43 Å². The fourth-order valence-electron chi connectivity index (χ4n) is 2.94. The molecule has 0 aliphatic heterocycles. The number of urea groups is 2. The standard InChI is InChI=1S/C11H23IN6O2/c1-10(2)3-7(16-9(20)18-14)4-11(12,5-10)6-15-8(19)17-13/h7H,3-6,13-14H2,1-2H3,(H2,15,17,19)(H2,16,18,20). The van der Waals surface area contributed by atoms with Gasteiger partial charge in [-0.25, -0.2) is 21.3 Å². The smallest absolute Gasteiger partial charge is 0.329 e. The largest absolute Gasteiger partial charge is 0.336 e. The molecular formula is C11H23IN6O2. The van der Waals surface area contributed by atoms with Crippen molar-refractivity contribution in [3.05, 3.63) is 0 Å². The van der Waals surface area contributed by atoms with Crippen LogP contribution < -0.4 is 33.2 Å². The van der Waals surface area contributed by atoms with Gasteiger partial charge in [0.05, 0.1) is 0 Å². The van der Waals surface area contributed by atoms with Gasteiger partial charge in [-0.2, -0.15) is 0 Å². The van der Waals surface area contributed by atoms with Crippen molar-refractivity contribution in [2.24, 2.45) is 17.1 Å². The van der Waals surface area contributed by atoms with Crippen LogP contribution in [0.5, 0.6) is 0 Å². The SMILES string of the molecule is CC1(C)CC(NC(=O)NN)CC(I)(CNC(=O)NN)C1. The van der Waals surface area contributed by atoms with E-state index in [2.05, 4.69) is 52.5 Å². The Labute approximate surface area is 132 Å². The van der Waals surface area contributed by atoms with Gasteiger partial charge in [0.15, 0.2) is 0 Å². The van der Waals surface area contributed by atoms with Gasteiger partial charge in [-0.15, -0.1) is 0 Å². The zero-order valence-corrected chi connectivity index (χ0v) is 13.9. The Morgan fingerprint density at radius 1 is 1.20 bits per heavy atom. The van der Waals surface area contributed by atoms with E-state index in [1.54, 1.807) is 0 Å². The predicted molar refractivity (Wildman–Crippen MR) is 84.7 cm³/mol. The molecule has 2 unspecified atom stereocenters. The summed E-state index contributed by atoms with van der Waals surface area (Å²) in [6.07, 6.45) is 2.57. The van der Waals surface area contributed by atoms with Crippen LogP contribution in [0.2, 0.25) is 0 Å². The summed E-state index contributed by atoms with van der Waals surface area (Å²) >= 11 is 2.35.